The summed E-state index contributed by atoms with van der Waals surface area (Å²) in [6.45, 7) is 8.69. The molecule has 1 aromatic heterocycles. The van der Waals surface area contributed by atoms with Gasteiger partial charge in [-0.2, -0.15) is 0 Å². The maximum Gasteiger partial charge on any atom is 0.230 e. The Kier molecular flexibility index (Phi) is 6.39. The van der Waals surface area contributed by atoms with Crippen LogP contribution in [-0.2, 0) is 23.2 Å². The number of anilines is 1. The van der Waals surface area contributed by atoms with Crippen LogP contribution in [0.4, 0.5) is 5.69 Å². The third kappa shape index (κ3) is 6.16. The van der Waals surface area contributed by atoms with Gasteiger partial charge in [0, 0.05) is 17.2 Å². The molecule has 6 heteroatoms. The third-order valence-electron chi connectivity index (χ3n) is 4.34. The molecule has 0 bridgehead atoms. The summed E-state index contributed by atoms with van der Waals surface area (Å²) in [4.78, 5) is 12.3. The van der Waals surface area contributed by atoms with Gasteiger partial charge in [-0.25, -0.2) is 0 Å². The van der Waals surface area contributed by atoms with E-state index in [0.717, 1.165) is 22.4 Å². The van der Waals surface area contributed by atoms with E-state index in [4.69, 9.17) is 9.26 Å². The molecule has 3 aromatic rings. The van der Waals surface area contributed by atoms with E-state index in [-0.39, 0.29) is 17.7 Å². The molecule has 0 aliphatic carbocycles. The van der Waals surface area contributed by atoms with Crippen LogP contribution < -0.4 is 15.4 Å². The lowest BCUT2D eigenvalue weighted by Crippen LogP contribution is -2.14. The highest BCUT2D eigenvalue weighted by molar-refractivity contribution is 7.27. The molecule has 3 rings (SSSR count). The summed E-state index contributed by atoms with van der Waals surface area (Å²) in [5.74, 6) is 1.38. The van der Waals surface area contributed by atoms with Crippen LogP contribution in [0.5, 0.6) is 5.75 Å². The second-order valence-corrected chi connectivity index (χ2v) is 8.89. The number of carbonyl (C=O) groups is 1. The van der Waals surface area contributed by atoms with Gasteiger partial charge in [0.2, 0.25) is 5.91 Å². The van der Waals surface area contributed by atoms with Crippen molar-refractivity contribution >= 4 is 26.1 Å². The van der Waals surface area contributed by atoms with Crippen molar-refractivity contribution in [2.75, 3.05) is 5.32 Å². The number of hydrogen-bond donors (Lipinski definition) is 1. The summed E-state index contributed by atoms with van der Waals surface area (Å²) in [6.07, 6.45) is 0.169. The molecule has 0 spiro atoms. The molecule has 0 saturated carbocycles. The molecule has 1 unspecified atom stereocenters. The lowest BCUT2D eigenvalue weighted by Gasteiger charge is -2.12. The van der Waals surface area contributed by atoms with Crippen molar-refractivity contribution < 1.29 is 14.1 Å². The van der Waals surface area contributed by atoms with Crippen LogP contribution in [0.15, 0.2) is 53.1 Å². The van der Waals surface area contributed by atoms with Crippen molar-refractivity contribution in [3.05, 3.63) is 71.1 Å². The van der Waals surface area contributed by atoms with Gasteiger partial charge in [-0.15, -0.1) is 9.24 Å². The third-order valence-corrected chi connectivity index (χ3v) is 4.68. The molecule has 29 heavy (non-hydrogen) atoms. The number of nitrogens with zero attached hydrogens (tertiary/aromatic N) is 1. The number of ether oxygens (including phenoxy) is 1. The fourth-order valence-corrected chi connectivity index (χ4v) is 3.37. The molecule has 0 aliphatic rings. The number of aryl methyl sites for hydroxylation is 1. The Hall–Kier alpha value is -2.65. The smallest absolute Gasteiger partial charge is 0.230 e. The van der Waals surface area contributed by atoms with E-state index in [1.807, 2.05) is 51.1 Å². The fourth-order valence-electron chi connectivity index (χ4n) is 2.90. The Morgan fingerprint density at radius 1 is 1.14 bits per heavy atom. The van der Waals surface area contributed by atoms with Gasteiger partial charge in [-0.3, -0.25) is 4.79 Å². The van der Waals surface area contributed by atoms with Crippen molar-refractivity contribution in [3.63, 3.8) is 0 Å². The van der Waals surface area contributed by atoms with E-state index < -0.39 is 0 Å². The Labute approximate surface area is 174 Å². The van der Waals surface area contributed by atoms with E-state index in [2.05, 4.69) is 44.8 Å². The zero-order valence-corrected chi connectivity index (χ0v) is 18.4. The highest BCUT2D eigenvalue weighted by Gasteiger charge is 2.20. The lowest BCUT2D eigenvalue weighted by atomic mass is 9.93. The van der Waals surface area contributed by atoms with E-state index >= 15 is 0 Å². The minimum atomic E-state index is -0.139. The van der Waals surface area contributed by atoms with Crippen LogP contribution in [-0.4, -0.2) is 11.1 Å². The highest BCUT2D eigenvalue weighted by Crippen LogP contribution is 2.23. The molecule has 1 atom stereocenters. The van der Waals surface area contributed by atoms with Crippen LogP contribution in [0.1, 0.15) is 43.4 Å². The molecule has 0 fully saturated rings. The lowest BCUT2D eigenvalue weighted by molar-refractivity contribution is -0.115. The average Bonchev–Trinajstić information content (AvgIpc) is 3.09. The van der Waals surface area contributed by atoms with Crippen LogP contribution >= 0.6 is 9.24 Å². The molecular formula is C23H27N2O3P. The molecule has 152 valence electrons. The monoisotopic (exact) mass is 410 g/mol. The first-order valence-corrected chi connectivity index (χ1v) is 10.1. The average molecular weight is 410 g/mol. The van der Waals surface area contributed by atoms with Crippen molar-refractivity contribution in [1.29, 1.82) is 0 Å². The Bertz CT molecular complexity index is 968. The van der Waals surface area contributed by atoms with E-state index in [1.54, 1.807) is 0 Å². The summed E-state index contributed by atoms with van der Waals surface area (Å²) in [7, 11) is 2.71. The van der Waals surface area contributed by atoms with Crippen LogP contribution in [0.3, 0.4) is 0 Å². The van der Waals surface area contributed by atoms with Gasteiger partial charge in [0.25, 0.3) is 0 Å². The zero-order valence-electron chi connectivity index (χ0n) is 17.3. The van der Waals surface area contributed by atoms with Crippen molar-refractivity contribution in [2.45, 2.75) is 46.1 Å². The maximum absolute atomic E-state index is 12.3. The molecular weight excluding hydrogens is 383 g/mol. The summed E-state index contributed by atoms with van der Waals surface area (Å²) in [5, 5.41) is 8.00. The Morgan fingerprint density at radius 3 is 2.48 bits per heavy atom. The Morgan fingerprint density at radius 2 is 1.86 bits per heavy atom. The first-order chi connectivity index (χ1) is 13.7. The molecule has 2 aromatic carbocycles. The molecule has 1 amide bonds. The summed E-state index contributed by atoms with van der Waals surface area (Å²) >= 11 is 0. The van der Waals surface area contributed by atoms with Gasteiger partial charge in [0.15, 0.2) is 0 Å². The molecule has 1 N–H and O–H groups in total. The number of benzene rings is 2. The minimum absolute atomic E-state index is 0.131. The second-order valence-electron chi connectivity index (χ2n) is 8.22. The van der Waals surface area contributed by atoms with Gasteiger partial charge < -0.3 is 14.6 Å². The standard InChI is InChI=1S/C23H27N2O3P/c1-15-9-16(11-20(29)10-15)14-27-19-7-5-17(6-8-19)24-22(26)13-18-12-21(28-25-18)23(2,3)4/h5-12H,13-14,29H2,1-4H3,(H,24,26). The minimum Gasteiger partial charge on any atom is -0.489 e. The first kappa shape index (κ1) is 21.1. The van der Waals surface area contributed by atoms with Gasteiger partial charge in [0.1, 0.15) is 18.1 Å². The fraction of sp³-hybridized carbons (Fsp3) is 0.304. The van der Waals surface area contributed by atoms with E-state index in [0.29, 0.717) is 18.0 Å². The maximum atomic E-state index is 12.3. The van der Waals surface area contributed by atoms with Gasteiger partial charge in [-0.05, 0) is 48.1 Å². The topological polar surface area (TPSA) is 64.4 Å². The number of carbonyl (C=O) groups excluding carboxylic acids is 1. The molecule has 0 radical (unpaired) electrons. The quantitative estimate of drug-likeness (QED) is 0.606. The van der Waals surface area contributed by atoms with Crippen LogP contribution in [0.25, 0.3) is 0 Å². The Balaban J connectivity index is 1.53. The van der Waals surface area contributed by atoms with Crippen LogP contribution in [0.2, 0.25) is 0 Å². The summed E-state index contributed by atoms with van der Waals surface area (Å²) in [6, 6.07) is 15.5. The summed E-state index contributed by atoms with van der Waals surface area (Å²) in [5.41, 5.74) is 3.53. The van der Waals surface area contributed by atoms with Gasteiger partial charge in [-0.1, -0.05) is 43.6 Å². The first-order valence-electron chi connectivity index (χ1n) is 9.54. The highest BCUT2D eigenvalue weighted by atomic mass is 31.0. The SMILES string of the molecule is Cc1cc(P)cc(COc2ccc(NC(=O)Cc3cc(C(C)(C)C)on3)cc2)c1. The predicted molar refractivity (Wildman–Crippen MR) is 119 cm³/mol. The number of amides is 1. The second kappa shape index (κ2) is 8.79. The zero-order chi connectivity index (χ0) is 21.0. The number of nitrogens with one attached hydrogen (secondary N) is 1. The van der Waals surface area contributed by atoms with Crippen LogP contribution in [0, 0.1) is 6.92 Å². The molecule has 0 aliphatic heterocycles. The van der Waals surface area contributed by atoms with E-state index in [1.165, 1.54) is 5.56 Å². The van der Waals surface area contributed by atoms with Crippen molar-refractivity contribution in [3.8, 4) is 5.75 Å². The number of hydrogen-bond acceptors (Lipinski definition) is 4. The largest absolute Gasteiger partial charge is 0.489 e. The number of aromatic nitrogens is 1. The van der Waals surface area contributed by atoms with Gasteiger partial charge >= 0.3 is 0 Å². The number of rotatable bonds is 6. The van der Waals surface area contributed by atoms with Crippen molar-refractivity contribution in [2.24, 2.45) is 0 Å². The summed E-state index contributed by atoms with van der Waals surface area (Å²) < 4.78 is 11.2. The molecule has 0 saturated heterocycles. The van der Waals surface area contributed by atoms with Crippen molar-refractivity contribution in [1.82, 2.24) is 5.16 Å². The van der Waals surface area contributed by atoms with Gasteiger partial charge in [0.05, 0.1) is 12.1 Å². The molecule has 1 heterocycles. The normalized spacial score (nSPS) is 11.3. The predicted octanol–water partition coefficient (Wildman–Crippen LogP) is 4.54. The molecule has 5 nitrogen and oxygen atoms in total. The van der Waals surface area contributed by atoms with E-state index in [9.17, 15) is 4.79 Å².